The Bertz CT molecular complexity index is 1140. The zero-order valence-corrected chi connectivity index (χ0v) is 17.9. The smallest absolute Gasteiger partial charge is 0.271 e. The van der Waals surface area contributed by atoms with Crippen molar-refractivity contribution in [2.45, 2.75) is 37.5 Å². The summed E-state index contributed by atoms with van der Waals surface area (Å²) < 4.78 is 27.2. The highest BCUT2D eigenvalue weighted by atomic mass is 35.5. The molecule has 0 radical (unpaired) electrons. The Labute approximate surface area is 170 Å². The van der Waals surface area contributed by atoms with Crippen LogP contribution >= 0.6 is 11.6 Å². The summed E-state index contributed by atoms with van der Waals surface area (Å²) in [6.07, 6.45) is 0. The molecule has 0 aliphatic heterocycles. The lowest BCUT2D eigenvalue weighted by Crippen LogP contribution is -2.31. The molecule has 0 saturated heterocycles. The number of nitrogens with zero attached hydrogens (tertiary/aromatic N) is 1. The predicted octanol–water partition coefficient (Wildman–Crippen LogP) is 4.75. The number of benzene rings is 2. The number of sulfone groups is 1. The molecule has 3 aromatic rings. The molecular weight excluding hydrogens is 396 g/mol. The van der Waals surface area contributed by atoms with Gasteiger partial charge in [0.2, 0.25) is 9.84 Å². The van der Waals surface area contributed by atoms with E-state index in [-0.39, 0.29) is 21.4 Å². The SMILES string of the molecule is CCN(CC)C(=O)c1[nH]c2ccc(Cl)cc2c1S(=O)(=O)c1cc(C)cc(C)c1. The first-order valence-corrected chi connectivity index (χ1v) is 11.0. The van der Waals surface area contributed by atoms with Crippen LogP contribution in [-0.4, -0.2) is 37.3 Å². The van der Waals surface area contributed by atoms with Gasteiger partial charge in [-0.2, -0.15) is 0 Å². The van der Waals surface area contributed by atoms with Crippen molar-refractivity contribution in [3.05, 3.63) is 58.2 Å². The van der Waals surface area contributed by atoms with Gasteiger partial charge in [-0.25, -0.2) is 8.42 Å². The van der Waals surface area contributed by atoms with Crippen LogP contribution in [0.25, 0.3) is 10.9 Å². The van der Waals surface area contributed by atoms with E-state index in [2.05, 4.69) is 4.98 Å². The lowest BCUT2D eigenvalue weighted by Gasteiger charge is -2.18. The van der Waals surface area contributed by atoms with E-state index in [0.29, 0.717) is 29.0 Å². The molecule has 1 heterocycles. The quantitative estimate of drug-likeness (QED) is 0.649. The third-order valence-corrected chi connectivity index (χ3v) is 6.80. The molecule has 0 atom stereocenters. The summed E-state index contributed by atoms with van der Waals surface area (Å²) in [5, 5.41) is 0.826. The van der Waals surface area contributed by atoms with Crippen molar-refractivity contribution in [3.63, 3.8) is 0 Å². The monoisotopic (exact) mass is 418 g/mol. The highest BCUT2D eigenvalue weighted by Crippen LogP contribution is 2.34. The molecule has 0 bridgehead atoms. The van der Waals surface area contributed by atoms with Gasteiger partial charge in [-0.05, 0) is 69.2 Å². The molecule has 28 heavy (non-hydrogen) atoms. The lowest BCUT2D eigenvalue weighted by atomic mass is 10.2. The first-order chi connectivity index (χ1) is 13.2. The number of aromatic nitrogens is 1. The molecule has 0 spiro atoms. The minimum Gasteiger partial charge on any atom is -0.349 e. The van der Waals surface area contributed by atoms with Gasteiger partial charge in [-0.3, -0.25) is 4.79 Å². The molecule has 0 unspecified atom stereocenters. The number of hydrogen-bond acceptors (Lipinski definition) is 3. The van der Waals surface area contributed by atoms with Crippen LogP contribution in [0.4, 0.5) is 0 Å². The van der Waals surface area contributed by atoms with Gasteiger partial charge in [0.05, 0.1) is 4.90 Å². The fraction of sp³-hybridized carbons (Fsp3) is 0.286. The number of halogens is 1. The number of aromatic amines is 1. The number of fused-ring (bicyclic) bond motifs is 1. The number of aryl methyl sites for hydroxylation is 2. The van der Waals surface area contributed by atoms with E-state index < -0.39 is 9.84 Å². The van der Waals surface area contributed by atoms with Crippen molar-refractivity contribution < 1.29 is 13.2 Å². The van der Waals surface area contributed by atoms with E-state index in [1.165, 1.54) is 0 Å². The fourth-order valence-electron chi connectivity index (χ4n) is 3.44. The van der Waals surface area contributed by atoms with Crippen LogP contribution in [0.1, 0.15) is 35.5 Å². The number of amides is 1. The van der Waals surface area contributed by atoms with E-state index in [1.807, 2.05) is 33.8 Å². The second-order valence-corrected chi connectivity index (χ2v) is 9.15. The zero-order valence-electron chi connectivity index (χ0n) is 16.3. The molecule has 0 saturated carbocycles. The number of carbonyl (C=O) groups excluding carboxylic acids is 1. The van der Waals surface area contributed by atoms with Crippen LogP contribution in [-0.2, 0) is 9.84 Å². The molecule has 7 heteroatoms. The Balaban J connectivity index is 2.35. The summed E-state index contributed by atoms with van der Waals surface area (Å²) in [6.45, 7) is 8.38. The predicted molar refractivity (Wildman–Crippen MR) is 112 cm³/mol. The maximum absolute atomic E-state index is 13.6. The van der Waals surface area contributed by atoms with Gasteiger partial charge in [0, 0.05) is 29.0 Å². The van der Waals surface area contributed by atoms with Gasteiger partial charge < -0.3 is 9.88 Å². The normalized spacial score (nSPS) is 11.8. The summed E-state index contributed by atoms with van der Waals surface area (Å²) in [7, 11) is -3.95. The van der Waals surface area contributed by atoms with Crippen molar-refractivity contribution in [2.75, 3.05) is 13.1 Å². The molecule has 1 N–H and O–H groups in total. The average molecular weight is 419 g/mol. The number of carbonyl (C=O) groups is 1. The maximum Gasteiger partial charge on any atom is 0.271 e. The molecule has 0 aliphatic carbocycles. The first-order valence-electron chi connectivity index (χ1n) is 9.13. The van der Waals surface area contributed by atoms with Crippen LogP contribution in [0.3, 0.4) is 0 Å². The third-order valence-electron chi connectivity index (χ3n) is 4.75. The van der Waals surface area contributed by atoms with Crippen molar-refractivity contribution in [3.8, 4) is 0 Å². The highest BCUT2D eigenvalue weighted by molar-refractivity contribution is 7.91. The number of hydrogen-bond donors (Lipinski definition) is 1. The Kier molecular flexibility index (Phi) is 5.55. The molecule has 1 amide bonds. The molecule has 148 valence electrons. The van der Waals surface area contributed by atoms with Crippen LogP contribution in [0.2, 0.25) is 5.02 Å². The average Bonchev–Trinajstić information content (AvgIpc) is 3.01. The van der Waals surface area contributed by atoms with E-state index in [9.17, 15) is 13.2 Å². The third kappa shape index (κ3) is 3.54. The molecule has 5 nitrogen and oxygen atoms in total. The Hall–Kier alpha value is -2.31. The van der Waals surface area contributed by atoms with Gasteiger partial charge in [0.1, 0.15) is 10.6 Å². The van der Waals surface area contributed by atoms with E-state index in [4.69, 9.17) is 11.6 Å². The zero-order chi connectivity index (χ0) is 20.6. The second-order valence-electron chi connectivity index (χ2n) is 6.82. The Morgan fingerprint density at radius 3 is 2.21 bits per heavy atom. The molecular formula is C21H23ClN2O3S. The van der Waals surface area contributed by atoms with Gasteiger partial charge in [0.25, 0.3) is 5.91 Å². The maximum atomic E-state index is 13.6. The molecule has 3 rings (SSSR count). The second kappa shape index (κ2) is 7.60. The van der Waals surface area contributed by atoms with Gasteiger partial charge >= 0.3 is 0 Å². The van der Waals surface area contributed by atoms with Crippen molar-refractivity contribution in [1.29, 1.82) is 0 Å². The standard InChI is InChI=1S/C21H23ClN2O3S/c1-5-24(6-2)21(25)19-20(17-12-15(22)7-8-18(17)23-19)28(26,27)16-10-13(3)9-14(4)11-16/h7-12,23H,5-6H2,1-4H3. The van der Waals surface area contributed by atoms with Crippen molar-refractivity contribution in [2.24, 2.45) is 0 Å². The van der Waals surface area contributed by atoms with Crippen LogP contribution < -0.4 is 0 Å². The summed E-state index contributed by atoms with van der Waals surface area (Å²) in [4.78, 5) is 17.8. The molecule has 0 aliphatic rings. The highest BCUT2D eigenvalue weighted by Gasteiger charge is 2.31. The van der Waals surface area contributed by atoms with E-state index in [0.717, 1.165) is 11.1 Å². The summed E-state index contributed by atoms with van der Waals surface area (Å²) >= 11 is 6.14. The van der Waals surface area contributed by atoms with Crippen LogP contribution in [0.15, 0.2) is 46.2 Å². The van der Waals surface area contributed by atoms with E-state index >= 15 is 0 Å². The minimum absolute atomic E-state index is 0.0214. The van der Waals surface area contributed by atoms with Crippen LogP contribution in [0.5, 0.6) is 0 Å². The van der Waals surface area contributed by atoms with Crippen molar-refractivity contribution in [1.82, 2.24) is 9.88 Å². The van der Waals surface area contributed by atoms with Gasteiger partial charge in [-0.1, -0.05) is 17.7 Å². The van der Waals surface area contributed by atoms with Crippen LogP contribution in [0, 0.1) is 13.8 Å². The largest absolute Gasteiger partial charge is 0.349 e. The molecule has 2 aromatic carbocycles. The topological polar surface area (TPSA) is 70.2 Å². The molecule has 0 fully saturated rings. The Morgan fingerprint density at radius 2 is 1.64 bits per heavy atom. The van der Waals surface area contributed by atoms with Gasteiger partial charge in [-0.15, -0.1) is 0 Å². The van der Waals surface area contributed by atoms with Gasteiger partial charge in [0.15, 0.2) is 0 Å². The number of rotatable bonds is 5. The van der Waals surface area contributed by atoms with E-state index in [1.54, 1.807) is 35.2 Å². The number of H-pyrrole nitrogens is 1. The summed E-state index contributed by atoms with van der Waals surface area (Å²) in [5.41, 5.74) is 2.31. The van der Waals surface area contributed by atoms with Crippen molar-refractivity contribution >= 4 is 38.2 Å². The minimum atomic E-state index is -3.95. The number of nitrogens with one attached hydrogen (secondary N) is 1. The lowest BCUT2D eigenvalue weighted by molar-refractivity contribution is 0.0764. The Morgan fingerprint density at radius 1 is 1.04 bits per heavy atom. The fourth-order valence-corrected chi connectivity index (χ4v) is 5.40. The first kappa shape index (κ1) is 20.4. The molecule has 1 aromatic heterocycles. The summed E-state index contributed by atoms with van der Waals surface area (Å²) in [6, 6.07) is 10.1. The summed E-state index contributed by atoms with van der Waals surface area (Å²) in [5.74, 6) is -0.347.